The normalized spacial score (nSPS) is 10.6. The summed E-state index contributed by atoms with van der Waals surface area (Å²) in [4.78, 5) is 10.5. The van der Waals surface area contributed by atoms with Gasteiger partial charge in [-0.15, -0.1) is 0 Å². The lowest BCUT2D eigenvalue weighted by Gasteiger charge is -2.04. The van der Waals surface area contributed by atoms with Gasteiger partial charge in [0.15, 0.2) is 0 Å². The molecule has 0 aliphatic rings. The number of carbonyl (C=O) groups excluding carboxylic acids is 1. The smallest absolute Gasteiger partial charge is 0.332 e. The van der Waals surface area contributed by atoms with Crippen LogP contribution in [0, 0.1) is 5.82 Å². The van der Waals surface area contributed by atoms with Gasteiger partial charge < -0.3 is 5.73 Å². The minimum atomic E-state index is -0.735. The monoisotopic (exact) mass is 257 g/mol. The third-order valence-corrected chi connectivity index (χ3v) is 2.46. The average molecular weight is 257 g/mol. The first-order valence-electron chi connectivity index (χ1n) is 5.60. The molecule has 3 N–H and O–H groups in total. The molecule has 0 bridgehead atoms. The fourth-order valence-corrected chi connectivity index (χ4v) is 1.65. The van der Waals surface area contributed by atoms with Gasteiger partial charge in [-0.2, -0.15) is 5.10 Å². The second kappa shape index (κ2) is 5.77. The number of nitrogens with one attached hydrogen (secondary N) is 1. The Kier molecular flexibility index (Phi) is 3.87. The van der Waals surface area contributed by atoms with Gasteiger partial charge >= 0.3 is 6.03 Å². The topological polar surface area (TPSA) is 67.5 Å². The molecule has 96 valence electrons. The summed E-state index contributed by atoms with van der Waals surface area (Å²) in [6.45, 7) is 0. The molecule has 0 saturated heterocycles. The van der Waals surface area contributed by atoms with Crippen molar-refractivity contribution in [1.82, 2.24) is 5.43 Å². The number of hydrogen-bond donors (Lipinski definition) is 2. The fourth-order valence-electron chi connectivity index (χ4n) is 1.65. The van der Waals surface area contributed by atoms with Crippen molar-refractivity contribution >= 4 is 12.2 Å². The summed E-state index contributed by atoms with van der Waals surface area (Å²) in [5, 5.41) is 3.66. The van der Waals surface area contributed by atoms with Crippen LogP contribution in [0.25, 0.3) is 11.1 Å². The molecule has 0 atom stereocenters. The largest absolute Gasteiger partial charge is 0.350 e. The van der Waals surface area contributed by atoms with Gasteiger partial charge in [-0.25, -0.2) is 14.6 Å². The number of hydrogen-bond acceptors (Lipinski definition) is 2. The van der Waals surface area contributed by atoms with E-state index in [9.17, 15) is 9.18 Å². The number of primary amides is 1. The summed E-state index contributed by atoms with van der Waals surface area (Å²) < 4.78 is 13.7. The highest BCUT2D eigenvalue weighted by atomic mass is 19.1. The molecule has 0 unspecified atom stereocenters. The van der Waals surface area contributed by atoms with Crippen molar-refractivity contribution in [2.24, 2.45) is 10.8 Å². The molecular formula is C14H12FN3O. The van der Waals surface area contributed by atoms with Crippen molar-refractivity contribution in [3.63, 3.8) is 0 Å². The van der Waals surface area contributed by atoms with Gasteiger partial charge in [0.1, 0.15) is 5.82 Å². The first-order chi connectivity index (χ1) is 9.16. The van der Waals surface area contributed by atoms with E-state index in [-0.39, 0.29) is 5.82 Å². The minimum absolute atomic E-state index is 0.285. The first-order valence-corrected chi connectivity index (χ1v) is 5.60. The van der Waals surface area contributed by atoms with Crippen LogP contribution in [0.4, 0.5) is 9.18 Å². The number of nitrogens with two attached hydrogens (primary N) is 1. The van der Waals surface area contributed by atoms with E-state index < -0.39 is 6.03 Å². The Morgan fingerprint density at radius 3 is 2.74 bits per heavy atom. The lowest BCUT2D eigenvalue weighted by molar-refractivity contribution is 0.249. The highest BCUT2D eigenvalue weighted by Gasteiger charge is 2.03. The summed E-state index contributed by atoms with van der Waals surface area (Å²) in [5.41, 5.74) is 8.97. The van der Waals surface area contributed by atoms with Crippen molar-refractivity contribution in [1.29, 1.82) is 0 Å². The lowest BCUT2D eigenvalue weighted by atomic mass is 10.0. The number of halogens is 1. The Morgan fingerprint density at radius 2 is 2.00 bits per heavy atom. The minimum Gasteiger partial charge on any atom is -0.350 e. The zero-order valence-corrected chi connectivity index (χ0v) is 10.0. The number of benzene rings is 2. The fraction of sp³-hybridized carbons (Fsp3) is 0. The number of rotatable bonds is 3. The van der Waals surface area contributed by atoms with Crippen molar-refractivity contribution in [2.45, 2.75) is 0 Å². The molecule has 0 saturated carbocycles. The molecule has 2 amide bonds. The maximum Gasteiger partial charge on any atom is 0.332 e. The quantitative estimate of drug-likeness (QED) is 0.643. The van der Waals surface area contributed by atoms with Gasteiger partial charge in [0.25, 0.3) is 0 Å². The Labute approximate surface area is 109 Å². The molecule has 0 aromatic heterocycles. The van der Waals surface area contributed by atoms with E-state index in [0.717, 1.165) is 11.1 Å². The number of nitrogens with zero attached hydrogens (tertiary/aromatic N) is 1. The van der Waals surface area contributed by atoms with Gasteiger partial charge in [-0.05, 0) is 23.3 Å². The highest BCUT2D eigenvalue weighted by Crippen LogP contribution is 2.22. The molecule has 0 fully saturated rings. The van der Waals surface area contributed by atoms with Crippen LogP contribution in [0.1, 0.15) is 5.56 Å². The van der Waals surface area contributed by atoms with E-state index in [2.05, 4.69) is 10.5 Å². The summed E-state index contributed by atoms with van der Waals surface area (Å²) in [7, 11) is 0. The van der Waals surface area contributed by atoms with Gasteiger partial charge in [0.2, 0.25) is 0 Å². The Hall–Kier alpha value is -2.69. The number of carbonyl (C=O) groups is 1. The predicted molar refractivity (Wildman–Crippen MR) is 72.1 cm³/mol. The van der Waals surface area contributed by atoms with Crippen molar-refractivity contribution < 1.29 is 9.18 Å². The van der Waals surface area contributed by atoms with Crippen LogP contribution in [0.5, 0.6) is 0 Å². The van der Waals surface area contributed by atoms with E-state index >= 15 is 0 Å². The zero-order valence-electron chi connectivity index (χ0n) is 10.0. The molecule has 19 heavy (non-hydrogen) atoms. The molecule has 0 aliphatic heterocycles. The molecule has 2 rings (SSSR count). The molecule has 0 spiro atoms. The van der Waals surface area contributed by atoms with Gasteiger partial charge in [0.05, 0.1) is 6.21 Å². The maximum absolute atomic E-state index is 13.7. The Bertz CT molecular complexity index is 626. The van der Waals surface area contributed by atoms with Crippen molar-refractivity contribution in [2.75, 3.05) is 0 Å². The van der Waals surface area contributed by atoms with Gasteiger partial charge in [-0.1, -0.05) is 36.4 Å². The van der Waals surface area contributed by atoms with Crippen LogP contribution in [-0.4, -0.2) is 12.2 Å². The van der Waals surface area contributed by atoms with Gasteiger partial charge in [-0.3, -0.25) is 0 Å². The third-order valence-electron chi connectivity index (χ3n) is 2.46. The second-order valence-corrected chi connectivity index (χ2v) is 3.84. The van der Waals surface area contributed by atoms with E-state index in [1.807, 2.05) is 0 Å². The summed E-state index contributed by atoms with van der Waals surface area (Å²) in [6.07, 6.45) is 1.44. The average Bonchev–Trinajstić information content (AvgIpc) is 2.39. The summed E-state index contributed by atoms with van der Waals surface area (Å²) in [5.74, 6) is -0.285. The predicted octanol–water partition coefficient (Wildman–Crippen LogP) is 2.49. The zero-order chi connectivity index (χ0) is 13.7. The number of amides is 2. The lowest BCUT2D eigenvalue weighted by Crippen LogP contribution is -2.24. The molecular weight excluding hydrogens is 245 g/mol. The van der Waals surface area contributed by atoms with Crippen LogP contribution in [0.2, 0.25) is 0 Å². The molecule has 2 aromatic carbocycles. The maximum atomic E-state index is 13.7. The Balaban J connectivity index is 2.27. The van der Waals surface area contributed by atoms with Crippen LogP contribution in [0.15, 0.2) is 53.6 Å². The van der Waals surface area contributed by atoms with Crippen LogP contribution < -0.4 is 11.2 Å². The third kappa shape index (κ3) is 3.38. The summed E-state index contributed by atoms with van der Waals surface area (Å²) in [6, 6.07) is 12.9. The molecule has 5 heteroatoms. The number of hydrazone groups is 1. The Morgan fingerprint density at radius 1 is 1.21 bits per heavy atom. The van der Waals surface area contributed by atoms with Crippen LogP contribution >= 0.6 is 0 Å². The molecule has 4 nitrogen and oxygen atoms in total. The highest BCUT2D eigenvalue weighted by molar-refractivity contribution is 5.83. The van der Waals surface area contributed by atoms with E-state index in [4.69, 9.17) is 5.73 Å². The van der Waals surface area contributed by atoms with Gasteiger partial charge in [0, 0.05) is 5.56 Å². The molecule has 2 aromatic rings. The van der Waals surface area contributed by atoms with E-state index in [1.54, 1.807) is 42.5 Å². The second-order valence-electron chi connectivity index (χ2n) is 3.84. The SMILES string of the molecule is NC(=O)NN=Cc1cccc(-c2ccccc2F)c1. The standard InChI is InChI=1S/C14H12FN3O/c15-13-7-2-1-6-12(13)11-5-3-4-10(8-11)9-17-18-14(16)19/h1-9H,(H3,16,18,19). The first kappa shape index (κ1) is 12.8. The van der Waals surface area contributed by atoms with E-state index in [0.29, 0.717) is 5.56 Å². The number of urea groups is 1. The molecule has 0 heterocycles. The molecule has 0 radical (unpaired) electrons. The van der Waals surface area contributed by atoms with Crippen molar-refractivity contribution in [3.05, 3.63) is 59.9 Å². The van der Waals surface area contributed by atoms with Crippen molar-refractivity contribution in [3.8, 4) is 11.1 Å². The van der Waals surface area contributed by atoms with Crippen LogP contribution in [0.3, 0.4) is 0 Å². The molecule has 0 aliphatic carbocycles. The summed E-state index contributed by atoms with van der Waals surface area (Å²) >= 11 is 0. The van der Waals surface area contributed by atoms with E-state index in [1.165, 1.54) is 12.3 Å². The van der Waals surface area contributed by atoms with Crippen LogP contribution in [-0.2, 0) is 0 Å².